The van der Waals surface area contributed by atoms with Crippen LogP contribution in [0.25, 0.3) is 11.0 Å². The number of nitrogens with zero attached hydrogens (tertiary/aromatic N) is 4. The summed E-state index contributed by atoms with van der Waals surface area (Å²) in [5.74, 6) is 0.533. The molecule has 3 rings (SSSR count). The van der Waals surface area contributed by atoms with Crippen LogP contribution in [-0.4, -0.2) is 63.2 Å². The second-order valence-corrected chi connectivity index (χ2v) is 8.28. The van der Waals surface area contributed by atoms with E-state index in [0.717, 1.165) is 40.9 Å². The number of allylic oxidation sites excluding steroid dienone is 3. The minimum absolute atomic E-state index is 0.0127. The predicted octanol–water partition coefficient (Wildman–Crippen LogP) is 2.76. The van der Waals surface area contributed by atoms with Crippen LogP contribution in [0.1, 0.15) is 25.6 Å². The van der Waals surface area contributed by atoms with Gasteiger partial charge in [-0.2, -0.15) is 0 Å². The van der Waals surface area contributed by atoms with Crippen molar-refractivity contribution < 1.29 is 14.7 Å². The maximum atomic E-state index is 12.9. The maximum Gasteiger partial charge on any atom is 0.242 e. The first-order valence-electron chi connectivity index (χ1n) is 9.93. The molecule has 0 fully saturated rings. The Morgan fingerprint density at radius 1 is 1.33 bits per heavy atom. The number of carbonyl (C=O) groups excluding carboxylic acids is 2. The van der Waals surface area contributed by atoms with Gasteiger partial charge in [-0.05, 0) is 44.2 Å². The molecule has 30 heavy (non-hydrogen) atoms. The van der Waals surface area contributed by atoms with Gasteiger partial charge < -0.3 is 19.5 Å². The van der Waals surface area contributed by atoms with Crippen molar-refractivity contribution in [3.8, 4) is 0 Å². The summed E-state index contributed by atoms with van der Waals surface area (Å²) >= 11 is 1.62. The molecule has 8 heteroatoms. The number of hydrogen-bond acceptors (Lipinski definition) is 5. The van der Waals surface area contributed by atoms with E-state index in [1.807, 2.05) is 48.1 Å². The van der Waals surface area contributed by atoms with E-state index in [9.17, 15) is 14.7 Å². The number of thioether (sulfide) groups is 1. The van der Waals surface area contributed by atoms with Gasteiger partial charge in [-0.25, -0.2) is 4.98 Å². The van der Waals surface area contributed by atoms with Crippen LogP contribution in [0.3, 0.4) is 0 Å². The Morgan fingerprint density at radius 3 is 2.80 bits per heavy atom. The quantitative estimate of drug-likeness (QED) is 0.622. The second-order valence-electron chi connectivity index (χ2n) is 7.38. The average Bonchev–Trinajstić information content (AvgIpc) is 3.09. The lowest BCUT2D eigenvalue weighted by Gasteiger charge is -2.27. The third-order valence-corrected chi connectivity index (χ3v) is 6.17. The van der Waals surface area contributed by atoms with Gasteiger partial charge >= 0.3 is 0 Å². The zero-order valence-electron chi connectivity index (χ0n) is 17.7. The summed E-state index contributed by atoms with van der Waals surface area (Å²) in [4.78, 5) is 33.5. The van der Waals surface area contributed by atoms with Crippen molar-refractivity contribution in [3.05, 3.63) is 52.3 Å². The van der Waals surface area contributed by atoms with Crippen molar-refractivity contribution in [3.63, 3.8) is 0 Å². The van der Waals surface area contributed by atoms with E-state index in [0.29, 0.717) is 18.9 Å². The molecule has 160 valence electrons. The van der Waals surface area contributed by atoms with E-state index < -0.39 is 0 Å². The Hall–Kier alpha value is -2.58. The summed E-state index contributed by atoms with van der Waals surface area (Å²) in [6, 6.07) is 7.70. The van der Waals surface area contributed by atoms with E-state index in [2.05, 4.69) is 4.98 Å². The first kappa shape index (κ1) is 22.1. The van der Waals surface area contributed by atoms with Crippen LogP contribution in [0.5, 0.6) is 0 Å². The van der Waals surface area contributed by atoms with Gasteiger partial charge in [0.15, 0.2) is 0 Å². The Bertz CT molecular complexity index is 995. The molecule has 1 N–H and O–H groups in total. The highest BCUT2D eigenvalue weighted by Crippen LogP contribution is 2.31. The standard InChI is InChI=1S/C22H28N4O3S/c1-16-8-9-20(30-3)19(12-16)25(15-28)14-22(29)24(2)13-21-23-17-6-4-5-7-18(17)26(21)10-11-27/h4-7,12,15,27H,8-11,13-14H2,1-3H3. The third kappa shape index (κ3) is 4.76. The molecular weight excluding hydrogens is 400 g/mol. The van der Waals surface area contributed by atoms with Crippen molar-refractivity contribution in [2.45, 2.75) is 32.9 Å². The summed E-state index contributed by atoms with van der Waals surface area (Å²) in [6.45, 7) is 2.71. The Labute approximate surface area is 181 Å². The molecule has 0 radical (unpaired) electrons. The molecule has 7 nitrogen and oxygen atoms in total. The Morgan fingerprint density at radius 2 is 2.10 bits per heavy atom. The van der Waals surface area contributed by atoms with Crippen LogP contribution in [0.15, 0.2) is 46.5 Å². The number of hydrogen-bond donors (Lipinski definition) is 1. The number of para-hydroxylation sites is 2. The number of aromatic nitrogens is 2. The van der Waals surface area contributed by atoms with Crippen molar-refractivity contribution in [2.24, 2.45) is 0 Å². The van der Waals surface area contributed by atoms with Crippen LogP contribution in [-0.2, 0) is 22.7 Å². The molecule has 1 heterocycles. The fourth-order valence-corrected chi connectivity index (χ4v) is 4.31. The molecule has 0 bridgehead atoms. The highest BCUT2D eigenvalue weighted by Gasteiger charge is 2.22. The molecule has 2 amide bonds. The monoisotopic (exact) mass is 428 g/mol. The molecule has 0 saturated heterocycles. The van der Waals surface area contributed by atoms with Crippen LogP contribution in [0, 0.1) is 0 Å². The molecule has 1 aromatic heterocycles. The summed E-state index contributed by atoms with van der Waals surface area (Å²) in [6.07, 6.45) is 6.58. The molecule has 0 aliphatic heterocycles. The van der Waals surface area contributed by atoms with Gasteiger partial charge in [-0.3, -0.25) is 9.59 Å². The molecule has 0 spiro atoms. The lowest BCUT2D eigenvalue weighted by Crippen LogP contribution is -2.38. The molecule has 0 unspecified atom stereocenters. The largest absolute Gasteiger partial charge is 0.395 e. The molecule has 0 saturated carbocycles. The molecule has 2 aromatic rings. The minimum Gasteiger partial charge on any atom is -0.395 e. The fraction of sp³-hybridized carbons (Fsp3) is 0.409. The van der Waals surface area contributed by atoms with E-state index >= 15 is 0 Å². The van der Waals surface area contributed by atoms with Crippen LogP contribution < -0.4 is 0 Å². The number of benzene rings is 1. The lowest BCUT2D eigenvalue weighted by molar-refractivity contribution is -0.134. The van der Waals surface area contributed by atoms with Gasteiger partial charge in [-0.1, -0.05) is 17.7 Å². The van der Waals surface area contributed by atoms with Crippen LogP contribution >= 0.6 is 11.8 Å². The first-order chi connectivity index (χ1) is 14.5. The molecule has 0 atom stereocenters. The van der Waals surface area contributed by atoms with Gasteiger partial charge in [0.1, 0.15) is 12.4 Å². The highest BCUT2D eigenvalue weighted by atomic mass is 32.2. The van der Waals surface area contributed by atoms with Gasteiger partial charge in [0.2, 0.25) is 12.3 Å². The lowest BCUT2D eigenvalue weighted by atomic mass is 10.0. The topological polar surface area (TPSA) is 78.7 Å². The summed E-state index contributed by atoms with van der Waals surface area (Å²) in [7, 11) is 1.71. The van der Waals surface area contributed by atoms with Crippen LogP contribution in [0.4, 0.5) is 0 Å². The van der Waals surface area contributed by atoms with Crippen molar-refractivity contribution in [1.29, 1.82) is 0 Å². The number of rotatable bonds is 9. The van der Waals surface area contributed by atoms with E-state index in [1.165, 1.54) is 10.5 Å². The SMILES string of the molecule is CSC1=C(N(C=O)CC(=O)N(C)Cc2nc3ccccc3n2CCO)C=C(C)CC1. The van der Waals surface area contributed by atoms with Gasteiger partial charge in [0.05, 0.1) is 29.9 Å². The molecule has 1 aliphatic rings. The highest BCUT2D eigenvalue weighted by molar-refractivity contribution is 8.02. The fourth-order valence-electron chi connectivity index (χ4n) is 3.62. The molecular formula is C22H28N4O3S. The molecule has 1 aliphatic carbocycles. The number of carbonyl (C=O) groups is 2. The van der Waals surface area contributed by atoms with Gasteiger partial charge in [-0.15, -0.1) is 11.8 Å². The second kappa shape index (κ2) is 9.95. The number of imidazole rings is 1. The number of aliphatic hydroxyl groups excluding tert-OH is 1. The maximum absolute atomic E-state index is 12.9. The minimum atomic E-state index is -0.172. The van der Waals surface area contributed by atoms with Crippen LogP contribution in [0.2, 0.25) is 0 Å². The third-order valence-electron chi connectivity index (χ3n) is 5.27. The zero-order valence-corrected chi connectivity index (χ0v) is 18.5. The first-order valence-corrected chi connectivity index (χ1v) is 11.2. The van der Waals surface area contributed by atoms with Crippen molar-refractivity contribution in [2.75, 3.05) is 26.5 Å². The summed E-state index contributed by atoms with van der Waals surface area (Å²) < 4.78 is 1.93. The number of fused-ring (bicyclic) bond motifs is 1. The van der Waals surface area contributed by atoms with E-state index in [1.54, 1.807) is 23.7 Å². The predicted molar refractivity (Wildman–Crippen MR) is 120 cm³/mol. The Balaban J connectivity index is 1.77. The van der Waals surface area contributed by atoms with Gasteiger partial charge in [0.25, 0.3) is 0 Å². The summed E-state index contributed by atoms with van der Waals surface area (Å²) in [5, 5.41) is 9.44. The number of likely N-dealkylation sites (N-methyl/N-ethyl adjacent to an activating group) is 1. The number of amides is 2. The van der Waals surface area contributed by atoms with Gasteiger partial charge in [0, 0.05) is 18.5 Å². The normalized spacial score (nSPS) is 14.1. The average molecular weight is 429 g/mol. The van der Waals surface area contributed by atoms with Crippen molar-refractivity contribution in [1.82, 2.24) is 19.4 Å². The zero-order chi connectivity index (χ0) is 21.7. The van der Waals surface area contributed by atoms with E-state index in [-0.39, 0.29) is 19.1 Å². The number of aliphatic hydroxyl groups is 1. The Kier molecular flexibility index (Phi) is 7.33. The van der Waals surface area contributed by atoms with Crippen molar-refractivity contribution >= 4 is 35.1 Å². The van der Waals surface area contributed by atoms with E-state index in [4.69, 9.17) is 0 Å². The molecule has 1 aromatic carbocycles. The summed E-state index contributed by atoms with van der Waals surface area (Å²) in [5.41, 5.74) is 3.77. The smallest absolute Gasteiger partial charge is 0.242 e.